The van der Waals surface area contributed by atoms with Gasteiger partial charge in [0.2, 0.25) is 0 Å². The van der Waals surface area contributed by atoms with Crippen molar-refractivity contribution in [1.29, 1.82) is 0 Å². The minimum absolute atomic E-state index is 0.248. The van der Waals surface area contributed by atoms with Crippen molar-refractivity contribution in [2.45, 2.75) is 19.4 Å². The van der Waals surface area contributed by atoms with E-state index in [2.05, 4.69) is 5.32 Å². The number of urea groups is 1. The maximum Gasteiger partial charge on any atom is 0.321 e. The first-order valence-corrected chi connectivity index (χ1v) is 6.35. The van der Waals surface area contributed by atoms with E-state index in [0.717, 1.165) is 0 Å². The zero-order chi connectivity index (χ0) is 14.4. The second-order valence-electron chi connectivity index (χ2n) is 4.34. The fraction of sp³-hybridized carbons (Fsp3) is 0.462. The standard InChI is InChI=1S/C13H19ClN2O3/c1-9(17)6-7-16(2)13(18)15-10-4-5-12(19-3)11(14)8-10/h4-5,8-9,17H,6-7H2,1-3H3,(H,15,18). The lowest BCUT2D eigenvalue weighted by Gasteiger charge is -2.19. The van der Waals surface area contributed by atoms with Crippen LogP contribution in [-0.2, 0) is 0 Å². The molecule has 0 radical (unpaired) electrons. The van der Waals surface area contributed by atoms with E-state index in [1.807, 2.05) is 0 Å². The summed E-state index contributed by atoms with van der Waals surface area (Å²) in [5.74, 6) is 0.558. The molecule has 2 amide bonds. The average molecular weight is 287 g/mol. The smallest absolute Gasteiger partial charge is 0.321 e. The lowest BCUT2D eigenvalue weighted by molar-refractivity contribution is 0.167. The molecule has 1 unspecified atom stereocenters. The lowest BCUT2D eigenvalue weighted by Crippen LogP contribution is -2.33. The second kappa shape index (κ2) is 7.21. The first kappa shape index (κ1) is 15.6. The fourth-order valence-corrected chi connectivity index (χ4v) is 1.70. The number of hydrogen-bond acceptors (Lipinski definition) is 3. The van der Waals surface area contributed by atoms with Gasteiger partial charge in [0.05, 0.1) is 18.2 Å². The molecule has 0 saturated heterocycles. The lowest BCUT2D eigenvalue weighted by atomic mass is 10.3. The minimum Gasteiger partial charge on any atom is -0.495 e. The normalized spacial score (nSPS) is 11.8. The molecule has 0 saturated carbocycles. The highest BCUT2D eigenvalue weighted by Gasteiger charge is 2.10. The quantitative estimate of drug-likeness (QED) is 0.874. The molecule has 2 N–H and O–H groups in total. The molecule has 1 atom stereocenters. The van der Waals surface area contributed by atoms with Crippen LogP contribution in [0.4, 0.5) is 10.5 Å². The number of benzene rings is 1. The Morgan fingerprint density at radius 2 is 2.26 bits per heavy atom. The van der Waals surface area contributed by atoms with Crippen LogP contribution >= 0.6 is 11.6 Å². The van der Waals surface area contributed by atoms with Crippen molar-refractivity contribution in [2.75, 3.05) is 26.0 Å². The van der Waals surface area contributed by atoms with Crippen LogP contribution in [0, 0.1) is 0 Å². The van der Waals surface area contributed by atoms with Crippen molar-refractivity contribution >= 4 is 23.3 Å². The Kier molecular flexibility index (Phi) is 5.92. The Morgan fingerprint density at radius 1 is 1.58 bits per heavy atom. The van der Waals surface area contributed by atoms with Gasteiger partial charge in [-0.15, -0.1) is 0 Å². The van der Waals surface area contributed by atoms with Gasteiger partial charge in [-0.2, -0.15) is 0 Å². The van der Waals surface area contributed by atoms with Crippen molar-refractivity contribution < 1.29 is 14.6 Å². The first-order chi connectivity index (χ1) is 8.93. The molecule has 5 nitrogen and oxygen atoms in total. The highest BCUT2D eigenvalue weighted by atomic mass is 35.5. The molecule has 1 aromatic carbocycles. The number of nitrogens with zero attached hydrogens (tertiary/aromatic N) is 1. The maximum absolute atomic E-state index is 11.8. The van der Waals surface area contributed by atoms with Gasteiger partial charge in [-0.25, -0.2) is 4.79 Å². The predicted molar refractivity (Wildman–Crippen MR) is 76.0 cm³/mol. The second-order valence-corrected chi connectivity index (χ2v) is 4.75. The van der Waals surface area contributed by atoms with Gasteiger partial charge in [0.25, 0.3) is 0 Å². The monoisotopic (exact) mass is 286 g/mol. The summed E-state index contributed by atoms with van der Waals surface area (Å²) in [7, 11) is 3.20. The largest absolute Gasteiger partial charge is 0.495 e. The number of hydrogen-bond donors (Lipinski definition) is 2. The minimum atomic E-state index is -0.425. The van der Waals surface area contributed by atoms with Crippen molar-refractivity contribution in [1.82, 2.24) is 4.90 Å². The molecule has 0 spiro atoms. The number of methoxy groups -OCH3 is 1. The number of halogens is 1. The van der Waals surface area contributed by atoms with Gasteiger partial charge in [0.15, 0.2) is 0 Å². The number of nitrogens with one attached hydrogen (secondary N) is 1. The predicted octanol–water partition coefficient (Wildman–Crippen LogP) is 2.58. The Balaban J connectivity index is 2.59. The number of aliphatic hydroxyl groups is 1. The van der Waals surface area contributed by atoms with Crippen LogP contribution in [0.1, 0.15) is 13.3 Å². The van der Waals surface area contributed by atoms with E-state index in [1.54, 1.807) is 32.2 Å². The zero-order valence-corrected chi connectivity index (χ0v) is 12.1. The molecule has 0 aliphatic heterocycles. The molecule has 0 heterocycles. The topological polar surface area (TPSA) is 61.8 Å². The molecule has 1 rings (SSSR count). The molecule has 0 fully saturated rings. The molecular weight excluding hydrogens is 268 g/mol. The van der Waals surface area contributed by atoms with E-state index in [0.29, 0.717) is 29.4 Å². The number of aliphatic hydroxyl groups excluding tert-OH is 1. The Hall–Kier alpha value is -1.46. The molecule has 1 aromatic rings. The third-order valence-electron chi connectivity index (χ3n) is 2.63. The molecule has 0 bridgehead atoms. The Morgan fingerprint density at radius 3 is 2.79 bits per heavy atom. The third kappa shape index (κ3) is 4.96. The molecule has 0 aromatic heterocycles. The van der Waals surface area contributed by atoms with Gasteiger partial charge < -0.3 is 20.1 Å². The van der Waals surface area contributed by atoms with Crippen molar-refractivity contribution in [3.05, 3.63) is 23.2 Å². The van der Waals surface area contributed by atoms with E-state index in [9.17, 15) is 9.90 Å². The third-order valence-corrected chi connectivity index (χ3v) is 2.93. The van der Waals surface area contributed by atoms with E-state index in [-0.39, 0.29) is 6.03 Å². The van der Waals surface area contributed by atoms with E-state index in [4.69, 9.17) is 16.3 Å². The fourth-order valence-electron chi connectivity index (χ4n) is 1.45. The zero-order valence-electron chi connectivity index (χ0n) is 11.3. The number of ether oxygens (including phenoxy) is 1. The molecule has 19 heavy (non-hydrogen) atoms. The van der Waals surface area contributed by atoms with Gasteiger partial charge >= 0.3 is 6.03 Å². The highest BCUT2D eigenvalue weighted by Crippen LogP contribution is 2.27. The van der Waals surface area contributed by atoms with Gasteiger partial charge in [-0.1, -0.05) is 11.6 Å². The van der Waals surface area contributed by atoms with Gasteiger partial charge in [-0.3, -0.25) is 0 Å². The number of amides is 2. The number of rotatable bonds is 5. The summed E-state index contributed by atoms with van der Waals surface area (Å²) in [5, 5.41) is 12.3. The van der Waals surface area contributed by atoms with Gasteiger partial charge in [0.1, 0.15) is 5.75 Å². The maximum atomic E-state index is 11.8. The van der Waals surface area contributed by atoms with Crippen molar-refractivity contribution in [2.24, 2.45) is 0 Å². The summed E-state index contributed by atoms with van der Waals surface area (Å²) in [6.45, 7) is 2.17. The van der Waals surface area contributed by atoms with Crippen LogP contribution in [0.15, 0.2) is 18.2 Å². The summed E-state index contributed by atoms with van der Waals surface area (Å²) in [6, 6.07) is 4.78. The highest BCUT2D eigenvalue weighted by molar-refractivity contribution is 6.32. The van der Waals surface area contributed by atoms with Crippen LogP contribution in [0.2, 0.25) is 5.02 Å². The van der Waals surface area contributed by atoms with Crippen LogP contribution in [-0.4, -0.2) is 42.8 Å². The van der Waals surface area contributed by atoms with Crippen molar-refractivity contribution in [3.63, 3.8) is 0 Å². The van der Waals surface area contributed by atoms with E-state index < -0.39 is 6.10 Å². The van der Waals surface area contributed by atoms with E-state index >= 15 is 0 Å². The summed E-state index contributed by atoms with van der Waals surface area (Å²) in [6.07, 6.45) is 0.110. The molecule has 0 aliphatic carbocycles. The van der Waals surface area contributed by atoms with Crippen LogP contribution < -0.4 is 10.1 Å². The molecular formula is C13H19ClN2O3. The summed E-state index contributed by atoms with van der Waals surface area (Å²) in [4.78, 5) is 13.4. The average Bonchev–Trinajstić information content (AvgIpc) is 2.36. The van der Waals surface area contributed by atoms with Gasteiger partial charge in [0, 0.05) is 19.3 Å². The Bertz CT molecular complexity index is 438. The molecule has 0 aliphatic rings. The summed E-state index contributed by atoms with van der Waals surface area (Å²) in [5.41, 5.74) is 0.597. The summed E-state index contributed by atoms with van der Waals surface area (Å²) < 4.78 is 5.03. The molecule has 6 heteroatoms. The van der Waals surface area contributed by atoms with Crippen LogP contribution in [0.25, 0.3) is 0 Å². The molecule has 106 valence electrons. The van der Waals surface area contributed by atoms with Gasteiger partial charge in [-0.05, 0) is 31.5 Å². The van der Waals surface area contributed by atoms with E-state index in [1.165, 1.54) is 12.0 Å². The summed E-state index contributed by atoms with van der Waals surface area (Å²) >= 11 is 5.97. The number of carbonyl (C=O) groups is 1. The number of carbonyl (C=O) groups excluding carboxylic acids is 1. The van der Waals surface area contributed by atoms with Crippen molar-refractivity contribution in [3.8, 4) is 5.75 Å². The SMILES string of the molecule is COc1ccc(NC(=O)N(C)CCC(C)O)cc1Cl. The first-order valence-electron chi connectivity index (χ1n) is 5.97. The van der Waals surface area contributed by atoms with Crippen LogP contribution in [0.3, 0.4) is 0 Å². The Labute approximate surface area is 118 Å². The van der Waals surface area contributed by atoms with Crippen LogP contribution in [0.5, 0.6) is 5.75 Å². The number of anilines is 1.